The van der Waals surface area contributed by atoms with Crippen LogP contribution in [0, 0.1) is 18.6 Å². The van der Waals surface area contributed by atoms with Gasteiger partial charge in [-0.3, -0.25) is 9.89 Å². The Labute approximate surface area is 197 Å². The maximum Gasteiger partial charge on any atom is 0.191 e. The number of rotatable bonds is 7. The average Bonchev–Trinajstić information content (AvgIpc) is 3.16. The smallest absolute Gasteiger partial charge is 0.191 e. The molecule has 2 N–H and O–H groups in total. The fraction of sp³-hybridized carbons (Fsp3) is 0.476. The van der Waals surface area contributed by atoms with E-state index in [1.807, 2.05) is 0 Å². The molecule has 9 heteroatoms. The van der Waals surface area contributed by atoms with Gasteiger partial charge >= 0.3 is 0 Å². The summed E-state index contributed by atoms with van der Waals surface area (Å²) in [6.07, 6.45) is 0.376. The summed E-state index contributed by atoms with van der Waals surface area (Å²) in [5, 5.41) is 6.57. The topological polar surface area (TPSA) is 48.9 Å². The van der Waals surface area contributed by atoms with Crippen molar-refractivity contribution in [3.8, 4) is 0 Å². The number of guanidine groups is 1. The van der Waals surface area contributed by atoms with Gasteiger partial charge in [0.05, 0.1) is 19.3 Å². The SMILES string of the molecule is CN=C(NCCc1cc(F)ccc1F)NCC(c1ccc(C)s1)N1CCOCC1.I. The number of nitrogens with zero attached hydrogens (tertiary/aromatic N) is 2. The molecule has 1 aromatic heterocycles. The van der Waals surface area contributed by atoms with Crippen LogP contribution in [0.2, 0.25) is 0 Å². The first-order valence-corrected chi connectivity index (χ1v) is 10.6. The average molecular weight is 550 g/mol. The minimum atomic E-state index is -0.427. The van der Waals surface area contributed by atoms with Crippen molar-refractivity contribution in [2.75, 3.05) is 46.4 Å². The Morgan fingerprint density at radius 3 is 2.63 bits per heavy atom. The minimum absolute atomic E-state index is 0. The third kappa shape index (κ3) is 7.14. The number of ether oxygens (including phenoxy) is 1. The lowest BCUT2D eigenvalue weighted by Crippen LogP contribution is -2.46. The maximum absolute atomic E-state index is 13.8. The van der Waals surface area contributed by atoms with Gasteiger partial charge in [0.15, 0.2) is 5.96 Å². The number of morpholine rings is 1. The molecule has 0 amide bonds. The van der Waals surface area contributed by atoms with Crippen LogP contribution in [-0.4, -0.2) is 57.3 Å². The van der Waals surface area contributed by atoms with Crippen molar-refractivity contribution in [2.45, 2.75) is 19.4 Å². The van der Waals surface area contributed by atoms with Gasteiger partial charge in [0.1, 0.15) is 11.6 Å². The van der Waals surface area contributed by atoms with Crippen LogP contribution in [-0.2, 0) is 11.2 Å². The molecule has 0 saturated carbocycles. The van der Waals surface area contributed by atoms with Crippen LogP contribution in [0.3, 0.4) is 0 Å². The highest BCUT2D eigenvalue weighted by atomic mass is 127. The molecule has 1 atom stereocenters. The highest BCUT2D eigenvalue weighted by Gasteiger charge is 2.24. The van der Waals surface area contributed by atoms with Crippen LogP contribution in [0.1, 0.15) is 21.4 Å². The molecule has 0 aliphatic carbocycles. The molecule has 1 aliphatic heterocycles. The molecule has 1 fully saturated rings. The summed E-state index contributed by atoms with van der Waals surface area (Å²) in [4.78, 5) is 9.29. The van der Waals surface area contributed by atoms with Gasteiger partial charge in [-0.2, -0.15) is 0 Å². The second-order valence-corrected chi connectivity index (χ2v) is 8.30. The zero-order valence-corrected chi connectivity index (χ0v) is 20.4. The van der Waals surface area contributed by atoms with E-state index in [0.29, 0.717) is 31.0 Å². The third-order valence-corrected chi connectivity index (χ3v) is 6.06. The monoisotopic (exact) mass is 550 g/mol. The molecule has 2 heterocycles. The summed E-state index contributed by atoms with van der Waals surface area (Å²) in [6.45, 7) is 6.56. The molecule has 1 aliphatic rings. The lowest BCUT2D eigenvalue weighted by molar-refractivity contribution is 0.0177. The molecule has 1 aromatic carbocycles. The van der Waals surface area contributed by atoms with Crippen molar-refractivity contribution >= 4 is 41.3 Å². The zero-order chi connectivity index (χ0) is 20.6. The van der Waals surface area contributed by atoms with E-state index in [-0.39, 0.29) is 30.0 Å². The summed E-state index contributed by atoms with van der Waals surface area (Å²) in [7, 11) is 1.71. The van der Waals surface area contributed by atoms with Crippen LogP contribution in [0.25, 0.3) is 0 Å². The van der Waals surface area contributed by atoms with E-state index >= 15 is 0 Å². The Morgan fingerprint density at radius 2 is 1.97 bits per heavy atom. The number of benzene rings is 1. The molecule has 30 heavy (non-hydrogen) atoms. The minimum Gasteiger partial charge on any atom is -0.379 e. The first-order valence-electron chi connectivity index (χ1n) is 9.83. The molecule has 1 unspecified atom stereocenters. The van der Waals surface area contributed by atoms with E-state index in [4.69, 9.17) is 4.74 Å². The first-order chi connectivity index (χ1) is 14.1. The van der Waals surface area contributed by atoms with Crippen LogP contribution in [0.15, 0.2) is 35.3 Å². The van der Waals surface area contributed by atoms with Gasteiger partial charge in [-0.1, -0.05) is 0 Å². The second-order valence-electron chi connectivity index (χ2n) is 6.98. The van der Waals surface area contributed by atoms with E-state index in [9.17, 15) is 8.78 Å². The summed E-state index contributed by atoms with van der Waals surface area (Å²) < 4.78 is 32.6. The molecule has 2 aromatic rings. The lowest BCUT2D eigenvalue weighted by atomic mass is 10.1. The molecular formula is C21H29F2IN4OS. The largest absolute Gasteiger partial charge is 0.379 e. The summed E-state index contributed by atoms with van der Waals surface area (Å²) in [5.74, 6) is -0.173. The fourth-order valence-corrected chi connectivity index (χ4v) is 4.41. The molecule has 0 bridgehead atoms. The highest BCUT2D eigenvalue weighted by molar-refractivity contribution is 14.0. The van der Waals surface area contributed by atoms with Gasteiger partial charge in [-0.25, -0.2) is 8.78 Å². The predicted molar refractivity (Wildman–Crippen MR) is 129 cm³/mol. The number of nitrogens with one attached hydrogen (secondary N) is 2. The van der Waals surface area contributed by atoms with Gasteiger partial charge in [-0.15, -0.1) is 35.3 Å². The Morgan fingerprint density at radius 1 is 1.20 bits per heavy atom. The Kier molecular flexibility index (Phi) is 10.4. The summed E-state index contributed by atoms with van der Waals surface area (Å²) in [6, 6.07) is 8.09. The van der Waals surface area contributed by atoms with Crippen molar-refractivity contribution in [1.29, 1.82) is 0 Å². The van der Waals surface area contributed by atoms with Gasteiger partial charge in [-0.05, 0) is 49.2 Å². The predicted octanol–water partition coefficient (Wildman–Crippen LogP) is 3.73. The molecule has 0 spiro atoms. The molecule has 0 radical (unpaired) electrons. The number of aliphatic imine (C=N–C) groups is 1. The molecule has 166 valence electrons. The number of hydrogen-bond acceptors (Lipinski definition) is 4. The summed E-state index contributed by atoms with van der Waals surface area (Å²) in [5.41, 5.74) is 0.355. The molecule has 5 nitrogen and oxygen atoms in total. The zero-order valence-electron chi connectivity index (χ0n) is 17.3. The Bertz CT molecular complexity index is 827. The summed E-state index contributed by atoms with van der Waals surface area (Å²) >= 11 is 1.81. The number of aryl methyl sites for hydroxylation is 1. The standard InChI is InChI=1S/C21H28F2N4OS.HI/c1-15-3-6-20(29-15)19(27-9-11-28-12-10-27)14-26-21(24-2)25-8-7-16-13-17(22)4-5-18(16)23;/h3-6,13,19H,7-12,14H2,1-2H3,(H2,24,25,26);1H. The van der Waals surface area contributed by atoms with Crippen LogP contribution in [0.5, 0.6) is 0 Å². The van der Waals surface area contributed by atoms with Crippen molar-refractivity contribution in [3.05, 3.63) is 57.3 Å². The van der Waals surface area contributed by atoms with Gasteiger partial charge < -0.3 is 15.4 Å². The van der Waals surface area contributed by atoms with Crippen LogP contribution >= 0.6 is 35.3 Å². The van der Waals surface area contributed by atoms with Crippen LogP contribution in [0.4, 0.5) is 8.78 Å². The van der Waals surface area contributed by atoms with Crippen molar-refractivity contribution in [1.82, 2.24) is 15.5 Å². The molecule has 3 rings (SSSR count). The van der Waals surface area contributed by atoms with E-state index < -0.39 is 11.6 Å². The van der Waals surface area contributed by atoms with E-state index in [1.54, 1.807) is 18.4 Å². The van der Waals surface area contributed by atoms with Gasteiger partial charge in [0.2, 0.25) is 0 Å². The van der Waals surface area contributed by atoms with E-state index in [0.717, 1.165) is 38.4 Å². The quantitative estimate of drug-likeness (QED) is 0.314. The fourth-order valence-electron chi connectivity index (χ4n) is 3.40. The Hall–Kier alpha value is -1.30. The first kappa shape index (κ1) is 25.0. The van der Waals surface area contributed by atoms with Crippen molar-refractivity contribution in [2.24, 2.45) is 4.99 Å². The number of halogens is 3. The van der Waals surface area contributed by atoms with Crippen molar-refractivity contribution in [3.63, 3.8) is 0 Å². The molecule has 1 saturated heterocycles. The van der Waals surface area contributed by atoms with Gasteiger partial charge in [0.25, 0.3) is 0 Å². The Balaban J connectivity index is 0.00000320. The number of hydrogen-bond donors (Lipinski definition) is 2. The third-order valence-electron chi connectivity index (χ3n) is 4.96. The van der Waals surface area contributed by atoms with Gasteiger partial charge in [0, 0.05) is 43.0 Å². The van der Waals surface area contributed by atoms with E-state index in [2.05, 4.69) is 39.6 Å². The normalized spacial score (nSPS) is 16.1. The highest BCUT2D eigenvalue weighted by Crippen LogP contribution is 2.27. The van der Waals surface area contributed by atoms with Crippen LogP contribution < -0.4 is 10.6 Å². The number of thiophene rings is 1. The van der Waals surface area contributed by atoms with Crippen molar-refractivity contribution < 1.29 is 13.5 Å². The maximum atomic E-state index is 13.8. The van der Waals surface area contributed by atoms with E-state index in [1.165, 1.54) is 15.8 Å². The second kappa shape index (κ2) is 12.5. The molecular weight excluding hydrogens is 521 g/mol. The lowest BCUT2D eigenvalue weighted by Gasteiger charge is -2.34.